The van der Waals surface area contributed by atoms with Crippen molar-refractivity contribution in [1.29, 1.82) is 5.41 Å². The molecular formula is C27H29N4O3Y-. The molecule has 0 unspecified atom stereocenters. The topological polar surface area (TPSA) is 128 Å². The molecule has 179 valence electrons. The van der Waals surface area contributed by atoms with Gasteiger partial charge < -0.3 is 21.5 Å². The van der Waals surface area contributed by atoms with Crippen molar-refractivity contribution in [3.8, 4) is 11.1 Å². The van der Waals surface area contributed by atoms with Gasteiger partial charge in [-0.05, 0) is 42.3 Å². The summed E-state index contributed by atoms with van der Waals surface area (Å²) in [6.07, 6.45) is 0. The Morgan fingerprint density at radius 3 is 2.31 bits per heavy atom. The van der Waals surface area contributed by atoms with E-state index in [1.165, 1.54) is 6.07 Å². The molecule has 7 nitrogen and oxygen atoms in total. The minimum Gasteiger partial charge on any atom is -0.478 e. The van der Waals surface area contributed by atoms with E-state index in [9.17, 15) is 14.7 Å². The van der Waals surface area contributed by atoms with Gasteiger partial charge in [-0.1, -0.05) is 32.4 Å². The van der Waals surface area contributed by atoms with Crippen molar-refractivity contribution >= 4 is 23.4 Å². The summed E-state index contributed by atoms with van der Waals surface area (Å²) in [5.41, 5.74) is 10.4. The van der Waals surface area contributed by atoms with E-state index in [1.54, 1.807) is 30.3 Å². The van der Waals surface area contributed by atoms with Crippen molar-refractivity contribution in [3.63, 3.8) is 0 Å². The van der Waals surface area contributed by atoms with Crippen LogP contribution in [0.3, 0.4) is 0 Å². The first-order chi connectivity index (χ1) is 16.2. The molecule has 0 saturated heterocycles. The van der Waals surface area contributed by atoms with Gasteiger partial charge in [0, 0.05) is 62.6 Å². The Morgan fingerprint density at radius 1 is 1.06 bits per heavy atom. The van der Waals surface area contributed by atoms with Crippen LogP contribution in [-0.4, -0.2) is 29.4 Å². The summed E-state index contributed by atoms with van der Waals surface area (Å²) in [6.45, 7) is 6.87. The number of anilines is 1. The van der Waals surface area contributed by atoms with Gasteiger partial charge in [0.1, 0.15) is 5.84 Å². The van der Waals surface area contributed by atoms with Crippen LogP contribution in [0.25, 0.3) is 11.1 Å². The number of carbonyl (C=O) groups excluding carboxylic acids is 1. The van der Waals surface area contributed by atoms with Gasteiger partial charge in [-0.15, -0.1) is 11.1 Å². The number of aryl methyl sites for hydroxylation is 1. The molecule has 0 aromatic heterocycles. The Bertz CT molecular complexity index is 1220. The molecule has 0 spiro atoms. The average Bonchev–Trinajstić information content (AvgIpc) is 2.81. The van der Waals surface area contributed by atoms with Crippen LogP contribution < -0.4 is 16.4 Å². The molecule has 0 atom stereocenters. The van der Waals surface area contributed by atoms with Crippen LogP contribution in [0.15, 0.2) is 54.6 Å². The van der Waals surface area contributed by atoms with E-state index in [2.05, 4.69) is 16.7 Å². The third-order valence-electron chi connectivity index (χ3n) is 5.33. The van der Waals surface area contributed by atoms with Crippen LogP contribution in [0.5, 0.6) is 0 Å². The van der Waals surface area contributed by atoms with E-state index in [-0.39, 0.29) is 50.0 Å². The summed E-state index contributed by atoms with van der Waals surface area (Å²) >= 11 is 0. The van der Waals surface area contributed by atoms with Crippen molar-refractivity contribution in [1.82, 2.24) is 5.32 Å². The maximum Gasteiger partial charge on any atom is 0.335 e. The summed E-state index contributed by atoms with van der Waals surface area (Å²) in [6, 6.07) is 18.9. The van der Waals surface area contributed by atoms with Crippen LogP contribution in [0.1, 0.15) is 51.3 Å². The number of carboxylic acid groups (broad SMARTS) is 1. The zero-order valence-corrected chi connectivity index (χ0v) is 22.9. The first kappa shape index (κ1) is 28.2. The number of amides is 1. The molecule has 35 heavy (non-hydrogen) atoms. The van der Waals surface area contributed by atoms with Crippen LogP contribution in [0, 0.1) is 24.3 Å². The normalized spacial score (nSPS) is 10.4. The molecule has 3 aromatic rings. The summed E-state index contributed by atoms with van der Waals surface area (Å²) < 4.78 is 0. The number of benzene rings is 3. The number of nitrogens with two attached hydrogens (primary N) is 1. The van der Waals surface area contributed by atoms with Crippen molar-refractivity contribution in [3.05, 3.63) is 88.5 Å². The van der Waals surface area contributed by atoms with Gasteiger partial charge in [-0.3, -0.25) is 10.2 Å². The van der Waals surface area contributed by atoms with Crippen LogP contribution in [0.2, 0.25) is 0 Å². The second-order valence-corrected chi connectivity index (χ2v) is 8.57. The number of nitrogens with one attached hydrogen (secondary N) is 3. The van der Waals surface area contributed by atoms with E-state index < -0.39 is 5.97 Å². The molecule has 0 fully saturated rings. The van der Waals surface area contributed by atoms with Crippen molar-refractivity contribution < 1.29 is 47.4 Å². The van der Waals surface area contributed by atoms with Gasteiger partial charge in [0.05, 0.1) is 5.56 Å². The fraction of sp³-hybridized carbons (Fsp3) is 0.222. The molecule has 3 aromatic carbocycles. The van der Waals surface area contributed by atoms with Crippen molar-refractivity contribution in [2.75, 3.05) is 11.9 Å². The molecular weight excluding hydrogens is 517 g/mol. The first-order valence-corrected chi connectivity index (χ1v) is 11.0. The van der Waals surface area contributed by atoms with Gasteiger partial charge in [-0.2, -0.15) is 23.8 Å². The number of aromatic carboxylic acids is 1. The van der Waals surface area contributed by atoms with E-state index in [0.717, 1.165) is 22.4 Å². The number of carbonyl (C=O) groups is 2. The van der Waals surface area contributed by atoms with E-state index in [0.29, 0.717) is 35.7 Å². The molecule has 0 aliphatic rings. The van der Waals surface area contributed by atoms with Crippen molar-refractivity contribution in [2.24, 2.45) is 11.7 Å². The van der Waals surface area contributed by atoms with E-state index in [4.69, 9.17) is 11.1 Å². The fourth-order valence-electron chi connectivity index (χ4n) is 3.52. The maximum absolute atomic E-state index is 12.5. The monoisotopic (exact) mass is 546 g/mol. The second kappa shape index (κ2) is 12.6. The standard InChI is InChI=1S/C27H29N4O3.Y/c1-16(2)14-31-26(32)19-7-11-23(24(13-19)27(33)34)22-10-4-17(3)12-20(22)15-30-21-8-5-18(6-9-21)25(28)29;/h5-13,16,30H,14-15H2,1-3H3,(H3,28,29)(H,31,32)(H,33,34);/q-1;. The molecule has 6 N–H and O–H groups in total. The molecule has 0 aliphatic heterocycles. The third-order valence-corrected chi connectivity index (χ3v) is 5.33. The minimum atomic E-state index is -1.10. The zero-order valence-electron chi connectivity index (χ0n) is 20.1. The number of rotatable bonds is 9. The predicted molar refractivity (Wildman–Crippen MR) is 134 cm³/mol. The van der Waals surface area contributed by atoms with Gasteiger partial charge in [0.2, 0.25) is 0 Å². The maximum atomic E-state index is 12.5. The van der Waals surface area contributed by atoms with Crippen molar-refractivity contribution in [2.45, 2.75) is 27.3 Å². The number of hydrogen-bond acceptors (Lipinski definition) is 4. The van der Waals surface area contributed by atoms with Gasteiger partial charge >= 0.3 is 5.97 Å². The third kappa shape index (κ3) is 7.48. The first-order valence-electron chi connectivity index (χ1n) is 11.0. The zero-order chi connectivity index (χ0) is 24.8. The summed E-state index contributed by atoms with van der Waals surface area (Å²) in [7, 11) is 0. The van der Waals surface area contributed by atoms with E-state index >= 15 is 0 Å². The number of amidine groups is 1. The Hall–Kier alpha value is -3.03. The fourth-order valence-corrected chi connectivity index (χ4v) is 3.52. The molecule has 0 aliphatic carbocycles. The molecule has 0 bridgehead atoms. The predicted octanol–water partition coefficient (Wildman–Crippen LogP) is 4.44. The molecule has 0 saturated carbocycles. The van der Waals surface area contributed by atoms with Gasteiger partial charge in [0.25, 0.3) is 5.91 Å². The molecule has 8 heteroatoms. The van der Waals surface area contributed by atoms with Gasteiger partial charge in [-0.25, -0.2) is 4.79 Å². The summed E-state index contributed by atoms with van der Waals surface area (Å²) in [5.74, 6) is -1.11. The van der Waals surface area contributed by atoms with Crippen LogP contribution in [-0.2, 0) is 39.3 Å². The van der Waals surface area contributed by atoms with E-state index in [1.807, 2.05) is 39.0 Å². The summed E-state index contributed by atoms with van der Waals surface area (Å²) in [5, 5.41) is 23.6. The molecule has 3 rings (SSSR count). The van der Waals surface area contributed by atoms with Gasteiger partial charge in [0.15, 0.2) is 0 Å². The summed E-state index contributed by atoms with van der Waals surface area (Å²) in [4.78, 5) is 24.6. The SMILES string of the molecule is Cc1[c-]cc(-c2ccc(C(=O)NCC(C)C)cc2C(=O)O)c(CNc2ccc(C(=N)N)cc2)c1.[Y]. The smallest absolute Gasteiger partial charge is 0.335 e. The largest absolute Gasteiger partial charge is 0.478 e. The Morgan fingerprint density at radius 2 is 1.71 bits per heavy atom. The minimum absolute atomic E-state index is 0. The number of nitrogen functional groups attached to an aromatic ring is 1. The van der Waals surface area contributed by atoms with Crippen LogP contribution >= 0.6 is 0 Å². The number of carboxylic acids is 1. The Labute approximate surface area is 230 Å². The Balaban J connectivity index is 0.00000432. The average molecular weight is 546 g/mol. The van der Waals surface area contributed by atoms with Crippen LogP contribution in [0.4, 0.5) is 5.69 Å². The molecule has 1 amide bonds. The second-order valence-electron chi connectivity index (χ2n) is 8.57. The number of hydrogen-bond donors (Lipinski definition) is 5. The molecule has 0 heterocycles. The molecule has 1 radical (unpaired) electrons. The quantitative estimate of drug-likeness (QED) is 0.154. The Kier molecular flexibility index (Phi) is 10.2.